The van der Waals surface area contributed by atoms with Crippen molar-refractivity contribution in [2.24, 2.45) is 5.41 Å². The summed E-state index contributed by atoms with van der Waals surface area (Å²) in [4.78, 5) is 10.9. The summed E-state index contributed by atoms with van der Waals surface area (Å²) in [5.74, 6) is 0. The van der Waals surface area contributed by atoms with E-state index in [4.69, 9.17) is 4.74 Å². The summed E-state index contributed by atoms with van der Waals surface area (Å²) < 4.78 is 5.28. The molecule has 3 heterocycles. The Hall–Kier alpha value is -1.07. The van der Waals surface area contributed by atoms with Crippen LogP contribution in [-0.4, -0.2) is 42.8 Å². The van der Waals surface area contributed by atoms with Gasteiger partial charge in [-0.2, -0.15) is 0 Å². The lowest BCUT2D eigenvalue weighted by molar-refractivity contribution is 0.232. The maximum atomic E-state index is 5.28. The Bertz CT molecular complexity index is 420. The first kappa shape index (κ1) is 15.3. The fourth-order valence-electron chi connectivity index (χ4n) is 3.20. The molecule has 0 atom stereocenters. The van der Waals surface area contributed by atoms with Crippen molar-refractivity contribution in [3.63, 3.8) is 0 Å². The van der Waals surface area contributed by atoms with E-state index in [1.807, 2.05) is 19.3 Å². The number of hydrogen-bond donors (Lipinski definition) is 1. The monoisotopic (exact) mass is 298 g/mol. The molecule has 0 aliphatic carbocycles. The van der Waals surface area contributed by atoms with Gasteiger partial charge in [-0.1, -0.05) is 0 Å². The van der Waals surface area contributed by atoms with Crippen molar-refractivity contribution < 1.29 is 4.74 Å². The van der Waals surface area contributed by atoms with E-state index in [2.05, 4.69) is 20.2 Å². The fraction of sp³-hybridized carbons (Fsp3) is 0.714. The summed E-state index contributed by atoms with van der Waals surface area (Å²) >= 11 is 0. The van der Waals surface area contributed by atoms with E-state index < -0.39 is 0 Å². The molecule has 6 heteroatoms. The highest BCUT2D eigenvalue weighted by Crippen LogP contribution is 2.40. The number of piperidine rings is 1. The fourth-order valence-corrected chi connectivity index (χ4v) is 3.20. The molecule has 5 nitrogen and oxygen atoms in total. The number of anilines is 1. The van der Waals surface area contributed by atoms with Gasteiger partial charge in [0.25, 0.3) is 0 Å². The zero-order chi connectivity index (χ0) is 13.1. The molecular formula is C14H23ClN4O. The molecule has 2 saturated heterocycles. The Labute approximate surface area is 126 Å². The van der Waals surface area contributed by atoms with Crippen LogP contribution in [0.15, 0.2) is 12.4 Å². The number of rotatable bonds is 3. The third-order valence-electron chi connectivity index (χ3n) is 4.36. The van der Waals surface area contributed by atoms with Crippen molar-refractivity contribution in [2.75, 3.05) is 37.7 Å². The Morgan fingerprint density at radius 1 is 1.25 bits per heavy atom. The van der Waals surface area contributed by atoms with Crippen molar-refractivity contribution >= 4 is 18.1 Å². The molecule has 0 aromatic carbocycles. The van der Waals surface area contributed by atoms with Crippen LogP contribution in [0.4, 0.5) is 5.69 Å². The molecule has 1 aromatic rings. The van der Waals surface area contributed by atoms with E-state index in [9.17, 15) is 0 Å². The van der Waals surface area contributed by atoms with Crippen molar-refractivity contribution in [3.8, 4) is 6.01 Å². The first-order valence-corrected chi connectivity index (χ1v) is 7.22. The van der Waals surface area contributed by atoms with Crippen LogP contribution in [0.5, 0.6) is 6.01 Å². The van der Waals surface area contributed by atoms with Crippen LogP contribution < -0.4 is 15.0 Å². The van der Waals surface area contributed by atoms with E-state index in [1.165, 1.54) is 19.3 Å². The smallest absolute Gasteiger partial charge is 0.316 e. The molecule has 0 amide bonds. The van der Waals surface area contributed by atoms with Gasteiger partial charge in [0.15, 0.2) is 0 Å². The normalized spacial score (nSPS) is 20.8. The predicted octanol–water partition coefficient (Wildman–Crippen LogP) is 1.88. The van der Waals surface area contributed by atoms with Gasteiger partial charge in [-0.05, 0) is 44.7 Å². The second-order valence-corrected chi connectivity index (χ2v) is 5.58. The van der Waals surface area contributed by atoms with Gasteiger partial charge in [0.1, 0.15) is 0 Å². The number of aromatic nitrogens is 2. The first-order valence-electron chi connectivity index (χ1n) is 7.22. The van der Waals surface area contributed by atoms with Gasteiger partial charge in [-0.3, -0.25) is 0 Å². The molecule has 20 heavy (non-hydrogen) atoms. The number of nitrogens with one attached hydrogen (secondary N) is 1. The molecule has 2 fully saturated rings. The van der Waals surface area contributed by atoms with Crippen LogP contribution in [0.1, 0.15) is 26.2 Å². The molecule has 1 aromatic heterocycles. The quantitative estimate of drug-likeness (QED) is 0.923. The van der Waals surface area contributed by atoms with Gasteiger partial charge < -0.3 is 15.0 Å². The average Bonchev–Trinajstić information content (AvgIpc) is 2.85. The van der Waals surface area contributed by atoms with Gasteiger partial charge in [0, 0.05) is 13.1 Å². The molecule has 112 valence electrons. The van der Waals surface area contributed by atoms with E-state index in [0.29, 0.717) is 18.0 Å². The van der Waals surface area contributed by atoms with Crippen molar-refractivity contribution in [2.45, 2.75) is 26.2 Å². The summed E-state index contributed by atoms with van der Waals surface area (Å²) in [7, 11) is 0. The van der Waals surface area contributed by atoms with Crippen LogP contribution in [0.25, 0.3) is 0 Å². The molecule has 3 rings (SSSR count). The molecule has 0 unspecified atom stereocenters. The summed E-state index contributed by atoms with van der Waals surface area (Å²) in [6, 6.07) is 0.474. The van der Waals surface area contributed by atoms with Gasteiger partial charge in [-0.25, -0.2) is 9.97 Å². The second-order valence-electron chi connectivity index (χ2n) is 5.58. The summed E-state index contributed by atoms with van der Waals surface area (Å²) in [6.45, 7) is 7.14. The minimum atomic E-state index is 0. The molecule has 0 saturated carbocycles. The number of hydrogen-bond acceptors (Lipinski definition) is 5. The molecule has 2 aliphatic heterocycles. The van der Waals surface area contributed by atoms with Gasteiger partial charge >= 0.3 is 6.01 Å². The minimum Gasteiger partial charge on any atom is -0.464 e. The predicted molar refractivity (Wildman–Crippen MR) is 81.8 cm³/mol. The van der Waals surface area contributed by atoms with E-state index in [0.717, 1.165) is 31.9 Å². The lowest BCUT2D eigenvalue weighted by atomic mass is 9.78. The summed E-state index contributed by atoms with van der Waals surface area (Å²) in [5, 5.41) is 3.45. The largest absolute Gasteiger partial charge is 0.464 e. The number of halogens is 1. The summed E-state index contributed by atoms with van der Waals surface area (Å²) in [6.07, 6.45) is 7.65. The van der Waals surface area contributed by atoms with Crippen LogP contribution in [-0.2, 0) is 0 Å². The number of nitrogens with zero attached hydrogens (tertiary/aromatic N) is 3. The zero-order valence-electron chi connectivity index (χ0n) is 12.0. The van der Waals surface area contributed by atoms with Gasteiger partial charge in [-0.15, -0.1) is 12.4 Å². The van der Waals surface area contributed by atoms with Crippen molar-refractivity contribution in [1.29, 1.82) is 0 Å². The average molecular weight is 299 g/mol. The van der Waals surface area contributed by atoms with Crippen molar-refractivity contribution in [1.82, 2.24) is 15.3 Å². The lowest BCUT2D eigenvalue weighted by Crippen LogP contribution is -2.38. The van der Waals surface area contributed by atoms with Gasteiger partial charge in [0.2, 0.25) is 0 Å². The SMILES string of the molecule is CCOc1ncc(N2CCC3(CCNCC3)C2)cn1.Cl. The molecule has 1 spiro atoms. The lowest BCUT2D eigenvalue weighted by Gasteiger charge is -2.33. The maximum Gasteiger partial charge on any atom is 0.316 e. The van der Waals surface area contributed by atoms with Crippen LogP contribution in [0.3, 0.4) is 0 Å². The number of ether oxygens (including phenoxy) is 1. The highest BCUT2D eigenvalue weighted by Gasteiger charge is 2.38. The van der Waals surface area contributed by atoms with Gasteiger partial charge in [0.05, 0.1) is 24.7 Å². The van der Waals surface area contributed by atoms with Crippen LogP contribution in [0, 0.1) is 5.41 Å². The topological polar surface area (TPSA) is 50.3 Å². The molecule has 1 N–H and O–H groups in total. The first-order chi connectivity index (χ1) is 9.31. The van der Waals surface area contributed by atoms with E-state index >= 15 is 0 Å². The zero-order valence-corrected chi connectivity index (χ0v) is 12.8. The Morgan fingerprint density at radius 3 is 2.60 bits per heavy atom. The Balaban J connectivity index is 0.00000147. The van der Waals surface area contributed by atoms with Crippen molar-refractivity contribution in [3.05, 3.63) is 12.4 Å². The van der Waals surface area contributed by atoms with E-state index in [1.54, 1.807) is 0 Å². The molecule has 0 bridgehead atoms. The molecular weight excluding hydrogens is 276 g/mol. The third kappa shape index (κ3) is 3.15. The standard InChI is InChI=1S/C14H22N4O.ClH/c1-2-19-13-16-9-12(10-17-13)18-8-5-14(11-18)3-6-15-7-4-14;/h9-10,15H,2-8,11H2,1H3;1H. The second kappa shape index (κ2) is 6.59. The van der Waals surface area contributed by atoms with Crippen LogP contribution in [0.2, 0.25) is 0 Å². The third-order valence-corrected chi connectivity index (χ3v) is 4.36. The minimum absolute atomic E-state index is 0. The van der Waals surface area contributed by atoms with Crippen LogP contribution >= 0.6 is 12.4 Å². The highest BCUT2D eigenvalue weighted by atomic mass is 35.5. The summed E-state index contributed by atoms with van der Waals surface area (Å²) in [5.41, 5.74) is 1.64. The highest BCUT2D eigenvalue weighted by molar-refractivity contribution is 5.85. The van der Waals surface area contributed by atoms with E-state index in [-0.39, 0.29) is 12.4 Å². The maximum absolute atomic E-state index is 5.28. The Kier molecular flexibility index (Phi) is 5.05. The Morgan fingerprint density at radius 2 is 1.95 bits per heavy atom. The molecule has 2 aliphatic rings. The molecule has 0 radical (unpaired) electrons.